The lowest BCUT2D eigenvalue weighted by molar-refractivity contribution is 0.0905. The molecule has 1 heterocycles. The van der Waals surface area contributed by atoms with E-state index in [1.54, 1.807) is 12.1 Å². The molecular weight excluding hydrogens is 238 g/mol. The van der Waals surface area contributed by atoms with Crippen molar-refractivity contribution >= 4 is 17.5 Å². The van der Waals surface area contributed by atoms with Crippen LogP contribution in [-0.4, -0.2) is 18.3 Å². The van der Waals surface area contributed by atoms with Crippen LogP contribution in [0.2, 0.25) is 0 Å². The molecule has 3 nitrogen and oxygen atoms in total. The molecule has 1 aromatic heterocycles. The quantitative estimate of drug-likeness (QED) is 0.794. The van der Waals surface area contributed by atoms with Crippen molar-refractivity contribution in [3.8, 4) is 0 Å². The molecule has 1 N–H and O–H groups in total. The molecule has 0 aliphatic rings. The first-order chi connectivity index (χ1) is 7.94. The molecule has 96 valence electrons. The van der Waals surface area contributed by atoms with Gasteiger partial charge in [-0.05, 0) is 37.3 Å². The van der Waals surface area contributed by atoms with Gasteiger partial charge in [0.05, 0.1) is 0 Å². The van der Waals surface area contributed by atoms with Crippen LogP contribution >= 0.6 is 11.6 Å². The molecule has 1 rings (SSSR count). The van der Waals surface area contributed by atoms with Gasteiger partial charge < -0.3 is 9.73 Å². The van der Waals surface area contributed by atoms with E-state index in [1.165, 1.54) is 0 Å². The van der Waals surface area contributed by atoms with Crippen LogP contribution in [0, 0.1) is 12.3 Å². The Morgan fingerprint density at radius 2 is 2.18 bits per heavy atom. The van der Waals surface area contributed by atoms with Gasteiger partial charge in [0.1, 0.15) is 5.76 Å². The molecule has 0 radical (unpaired) electrons. The second kappa shape index (κ2) is 6.10. The fourth-order valence-electron chi connectivity index (χ4n) is 1.60. The SMILES string of the molecule is Cc1ccc(C(=O)NCC(C)(C)CCCCl)o1. The number of hydrogen-bond donors (Lipinski definition) is 1. The Kier molecular flexibility index (Phi) is 5.06. The Morgan fingerprint density at radius 3 is 2.71 bits per heavy atom. The van der Waals surface area contributed by atoms with Gasteiger partial charge in [0.15, 0.2) is 5.76 Å². The topological polar surface area (TPSA) is 42.2 Å². The molecule has 17 heavy (non-hydrogen) atoms. The van der Waals surface area contributed by atoms with E-state index < -0.39 is 0 Å². The van der Waals surface area contributed by atoms with E-state index in [2.05, 4.69) is 19.2 Å². The Morgan fingerprint density at radius 1 is 1.47 bits per heavy atom. The highest BCUT2D eigenvalue weighted by molar-refractivity contribution is 6.17. The summed E-state index contributed by atoms with van der Waals surface area (Å²) in [5.41, 5.74) is 0.0617. The summed E-state index contributed by atoms with van der Waals surface area (Å²) in [4.78, 5) is 11.7. The molecule has 0 unspecified atom stereocenters. The van der Waals surface area contributed by atoms with Gasteiger partial charge in [0, 0.05) is 12.4 Å². The monoisotopic (exact) mass is 257 g/mol. The van der Waals surface area contributed by atoms with Crippen molar-refractivity contribution in [2.75, 3.05) is 12.4 Å². The van der Waals surface area contributed by atoms with Crippen LogP contribution in [0.4, 0.5) is 0 Å². The number of alkyl halides is 1. The smallest absolute Gasteiger partial charge is 0.287 e. The van der Waals surface area contributed by atoms with E-state index in [4.69, 9.17) is 16.0 Å². The molecule has 0 fully saturated rings. The lowest BCUT2D eigenvalue weighted by Gasteiger charge is -2.24. The zero-order valence-corrected chi connectivity index (χ0v) is 11.4. The predicted octanol–water partition coefficient (Wildman–Crippen LogP) is 3.36. The van der Waals surface area contributed by atoms with Crippen LogP contribution in [0.25, 0.3) is 0 Å². The minimum absolute atomic E-state index is 0.0617. The molecule has 0 aromatic carbocycles. The molecule has 0 bridgehead atoms. The number of hydrogen-bond acceptors (Lipinski definition) is 2. The highest BCUT2D eigenvalue weighted by Crippen LogP contribution is 2.21. The molecule has 0 saturated carbocycles. The van der Waals surface area contributed by atoms with Crippen molar-refractivity contribution in [2.24, 2.45) is 5.41 Å². The molecule has 0 aliphatic heterocycles. The second-order valence-corrected chi connectivity index (χ2v) is 5.43. The van der Waals surface area contributed by atoms with Gasteiger partial charge >= 0.3 is 0 Å². The van der Waals surface area contributed by atoms with Gasteiger partial charge in [-0.2, -0.15) is 0 Å². The van der Waals surface area contributed by atoms with Crippen molar-refractivity contribution in [3.05, 3.63) is 23.7 Å². The minimum atomic E-state index is -0.156. The van der Waals surface area contributed by atoms with Crippen molar-refractivity contribution in [2.45, 2.75) is 33.6 Å². The lowest BCUT2D eigenvalue weighted by Crippen LogP contribution is -2.33. The Hall–Kier alpha value is -0.960. The third-order valence-corrected chi connectivity index (χ3v) is 2.95. The van der Waals surface area contributed by atoms with E-state index in [1.807, 2.05) is 6.92 Å². The third kappa shape index (κ3) is 4.82. The van der Waals surface area contributed by atoms with E-state index in [0.29, 0.717) is 18.2 Å². The van der Waals surface area contributed by atoms with Gasteiger partial charge in [-0.15, -0.1) is 11.6 Å². The van der Waals surface area contributed by atoms with Crippen molar-refractivity contribution < 1.29 is 9.21 Å². The van der Waals surface area contributed by atoms with E-state index in [-0.39, 0.29) is 11.3 Å². The molecule has 0 saturated heterocycles. The number of aryl methyl sites for hydroxylation is 1. The van der Waals surface area contributed by atoms with Gasteiger partial charge in [-0.25, -0.2) is 0 Å². The lowest BCUT2D eigenvalue weighted by atomic mass is 9.88. The molecule has 4 heteroatoms. The van der Waals surface area contributed by atoms with E-state index >= 15 is 0 Å². The Balaban J connectivity index is 2.42. The summed E-state index contributed by atoms with van der Waals surface area (Å²) in [5, 5.41) is 2.89. The average Bonchev–Trinajstić information content (AvgIpc) is 2.70. The molecule has 1 aromatic rings. The Labute approximate surface area is 108 Å². The Bertz CT molecular complexity index is 371. The largest absolute Gasteiger partial charge is 0.456 e. The van der Waals surface area contributed by atoms with Crippen LogP contribution in [0.15, 0.2) is 16.5 Å². The van der Waals surface area contributed by atoms with Gasteiger partial charge in [0.2, 0.25) is 0 Å². The maximum absolute atomic E-state index is 11.7. The summed E-state index contributed by atoms with van der Waals surface area (Å²) in [6, 6.07) is 3.48. The molecule has 0 aliphatic carbocycles. The zero-order chi connectivity index (χ0) is 12.9. The predicted molar refractivity (Wildman–Crippen MR) is 69.5 cm³/mol. The van der Waals surface area contributed by atoms with Crippen LogP contribution in [-0.2, 0) is 0 Å². The van der Waals surface area contributed by atoms with Crippen LogP contribution < -0.4 is 5.32 Å². The van der Waals surface area contributed by atoms with Gasteiger partial charge in [0.25, 0.3) is 5.91 Å². The fraction of sp³-hybridized carbons (Fsp3) is 0.615. The average molecular weight is 258 g/mol. The highest BCUT2D eigenvalue weighted by Gasteiger charge is 2.19. The van der Waals surface area contributed by atoms with Crippen LogP contribution in [0.3, 0.4) is 0 Å². The second-order valence-electron chi connectivity index (χ2n) is 5.05. The summed E-state index contributed by atoms with van der Waals surface area (Å²) in [5.74, 6) is 1.62. The first kappa shape index (κ1) is 14.1. The first-order valence-corrected chi connectivity index (χ1v) is 6.39. The number of furan rings is 1. The van der Waals surface area contributed by atoms with Gasteiger partial charge in [-0.1, -0.05) is 13.8 Å². The molecular formula is C13H20ClNO2. The van der Waals surface area contributed by atoms with Crippen molar-refractivity contribution in [1.29, 1.82) is 0 Å². The number of carbonyl (C=O) groups is 1. The van der Waals surface area contributed by atoms with Crippen molar-refractivity contribution in [1.82, 2.24) is 5.32 Å². The molecule has 0 spiro atoms. The standard InChI is InChI=1S/C13H20ClNO2/c1-10-5-6-11(17-10)12(16)15-9-13(2,3)7-4-8-14/h5-6H,4,7-9H2,1-3H3,(H,15,16). The summed E-state index contributed by atoms with van der Waals surface area (Å²) >= 11 is 5.67. The summed E-state index contributed by atoms with van der Waals surface area (Å²) < 4.78 is 5.26. The highest BCUT2D eigenvalue weighted by atomic mass is 35.5. The summed E-state index contributed by atoms with van der Waals surface area (Å²) in [6.07, 6.45) is 1.96. The number of halogens is 1. The summed E-state index contributed by atoms with van der Waals surface area (Å²) in [7, 11) is 0. The van der Waals surface area contributed by atoms with E-state index in [0.717, 1.165) is 18.6 Å². The zero-order valence-electron chi connectivity index (χ0n) is 10.7. The minimum Gasteiger partial charge on any atom is -0.456 e. The maximum Gasteiger partial charge on any atom is 0.287 e. The molecule has 1 amide bonds. The third-order valence-electron chi connectivity index (χ3n) is 2.68. The number of nitrogens with one attached hydrogen (secondary N) is 1. The number of carbonyl (C=O) groups excluding carboxylic acids is 1. The number of rotatable bonds is 6. The molecule has 0 atom stereocenters. The fourth-order valence-corrected chi connectivity index (χ4v) is 1.73. The van der Waals surface area contributed by atoms with Gasteiger partial charge in [-0.3, -0.25) is 4.79 Å². The number of amides is 1. The maximum atomic E-state index is 11.7. The van der Waals surface area contributed by atoms with Crippen LogP contribution in [0.5, 0.6) is 0 Å². The van der Waals surface area contributed by atoms with Crippen LogP contribution in [0.1, 0.15) is 43.0 Å². The van der Waals surface area contributed by atoms with E-state index in [9.17, 15) is 4.79 Å². The first-order valence-electron chi connectivity index (χ1n) is 5.85. The normalized spacial score (nSPS) is 11.5. The summed E-state index contributed by atoms with van der Waals surface area (Å²) in [6.45, 7) is 6.68. The van der Waals surface area contributed by atoms with Crippen molar-refractivity contribution in [3.63, 3.8) is 0 Å².